The van der Waals surface area contributed by atoms with E-state index in [0.717, 1.165) is 29.3 Å². The molecule has 0 heterocycles. The maximum Gasteiger partial charge on any atom is 0.310 e. The molecule has 1 aromatic carbocycles. The Bertz CT molecular complexity index is 485. The van der Waals surface area contributed by atoms with Crippen LogP contribution in [0.4, 0.5) is 0 Å². The summed E-state index contributed by atoms with van der Waals surface area (Å²) in [5, 5.41) is 9.70. The van der Waals surface area contributed by atoms with Crippen molar-refractivity contribution in [3.8, 4) is 0 Å². The summed E-state index contributed by atoms with van der Waals surface area (Å²) in [6.45, 7) is 0. The second kappa shape index (κ2) is 4.37. The van der Waals surface area contributed by atoms with Gasteiger partial charge in [-0.25, -0.2) is 0 Å². The fraction of sp³-hybridized carbons (Fsp3) is 0.533. The van der Waals surface area contributed by atoms with E-state index < -0.39 is 11.4 Å². The summed E-state index contributed by atoms with van der Waals surface area (Å²) in [6.07, 6.45) is 5.02. The lowest BCUT2D eigenvalue weighted by Gasteiger charge is -2.33. The number of aliphatic carboxylic acids is 1. The Kier molecular flexibility index (Phi) is 2.97. The lowest BCUT2D eigenvalue weighted by Crippen LogP contribution is -2.38. The zero-order valence-corrected chi connectivity index (χ0v) is 11.8. The van der Waals surface area contributed by atoms with Crippen molar-refractivity contribution in [2.45, 2.75) is 32.1 Å². The first kappa shape index (κ1) is 12.2. The lowest BCUT2D eigenvalue weighted by atomic mass is 9.69. The van der Waals surface area contributed by atoms with Gasteiger partial charge in [-0.1, -0.05) is 34.5 Å². The van der Waals surface area contributed by atoms with Crippen LogP contribution in [0.5, 0.6) is 0 Å². The summed E-state index contributed by atoms with van der Waals surface area (Å²) in [4.78, 5) is 11.8. The standard InChI is InChI=1S/C15H17BrO2/c16-13-3-1-2-10(7-13)8-15(14(17)18)9-11-4-5-12(15)6-11/h1-3,7,11-12H,4-6,8-9H2,(H,17,18). The molecule has 0 radical (unpaired) electrons. The first-order valence-electron chi connectivity index (χ1n) is 6.58. The Hall–Kier alpha value is -0.830. The first-order chi connectivity index (χ1) is 8.60. The van der Waals surface area contributed by atoms with E-state index >= 15 is 0 Å². The van der Waals surface area contributed by atoms with Gasteiger partial charge in [0, 0.05) is 4.47 Å². The third-order valence-corrected chi connectivity index (χ3v) is 5.30. The second-order valence-electron chi connectivity index (χ2n) is 5.85. The highest BCUT2D eigenvalue weighted by atomic mass is 79.9. The Labute approximate surface area is 116 Å². The van der Waals surface area contributed by atoms with Crippen LogP contribution in [0.1, 0.15) is 31.2 Å². The fourth-order valence-electron chi connectivity index (χ4n) is 4.01. The topological polar surface area (TPSA) is 37.3 Å². The average Bonchev–Trinajstić information content (AvgIpc) is 2.89. The molecule has 1 N–H and O–H groups in total. The summed E-state index contributed by atoms with van der Waals surface area (Å²) in [5.41, 5.74) is 0.642. The van der Waals surface area contributed by atoms with Crippen LogP contribution in [0.3, 0.4) is 0 Å². The van der Waals surface area contributed by atoms with Crippen molar-refractivity contribution < 1.29 is 9.90 Å². The van der Waals surface area contributed by atoms with Gasteiger partial charge in [0.25, 0.3) is 0 Å². The van der Waals surface area contributed by atoms with Crippen LogP contribution in [0.2, 0.25) is 0 Å². The molecule has 3 unspecified atom stereocenters. The normalized spacial score (nSPS) is 33.8. The van der Waals surface area contributed by atoms with E-state index in [1.807, 2.05) is 18.2 Å². The van der Waals surface area contributed by atoms with Crippen LogP contribution in [-0.2, 0) is 11.2 Å². The molecule has 2 bridgehead atoms. The van der Waals surface area contributed by atoms with E-state index in [1.165, 1.54) is 6.42 Å². The Morgan fingerprint density at radius 1 is 1.44 bits per heavy atom. The largest absolute Gasteiger partial charge is 0.481 e. The molecule has 18 heavy (non-hydrogen) atoms. The van der Waals surface area contributed by atoms with Gasteiger partial charge in [-0.2, -0.15) is 0 Å². The number of rotatable bonds is 3. The number of carbonyl (C=O) groups is 1. The molecule has 0 aromatic heterocycles. The predicted molar refractivity (Wildman–Crippen MR) is 73.4 cm³/mol. The molecule has 0 amide bonds. The molecule has 96 valence electrons. The molecule has 0 spiro atoms. The summed E-state index contributed by atoms with van der Waals surface area (Å²) < 4.78 is 1.03. The average molecular weight is 309 g/mol. The molecule has 2 fully saturated rings. The number of halogens is 1. The molecule has 1 aromatic rings. The van der Waals surface area contributed by atoms with Crippen molar-refractivity contribution in [2.75, 3.05) is 0 Å². The number of hydrogen-bond donors (Lipinski definition) is 1. The van der Waals surface area contributed by atoms with Crippen molar-refractivity contribution in [1.82, 2.24) is 0 Å². The Morgan fingerprint density at radius 3 is 2.83 bits per heavy atom. The van der Waals surface area contributed by atoms with Gasteiger partial charge in [0.15, 0.2) is 0 Å². The summed E-state index contributed by atoms with van der Waals surface area (Å²) in [6, 6.07) is 8.07. The minimum absolute atomic E-state index is 0.388. The molecular formula is C15H17BrO2. The van der Waals surface area contributed by atoms with Gasteiger partial charge in [0.2, 0.25) is 0 Å². The van der Waals surface area contributed by atoms with Crippen LogP contribution in [0, 0.1) is 17.3 Å². The van der Waals surface area contributed by atoms with Gasteiger partial charge < -0.3 is 5.11 Å². The van der Waals surface area contributed by atoms with Crippen molar-refractivity contribution in [3.63, 3.8) is 0 Å². The molecule has 2 nitrogen and oxygen atoms in total. The molecule has 3 heteroatoms. The highest BCUT2D eigenvalue weighted by Gasteiger charge is 2.55. The highest BCUT2D eigenvalue weighted by molar-refractivity contribution is 9.10. The van der Waals surface area contributed by atoms with Crippen LogP contribution in [-0.4, -0.2) is 11.1 Å². The van der Waals surface area contributed by atoms with Crippen molar-refractivity contribution in [1.29, 1.82) is 0 Å². The number of fused-ring (bicyclic) bond motifs is 2. The second-order valence-corrected chi connectivity index (χ2v) is 6.76. The first-order valence-corrected chi connectivity index (χ1v) is 7.37. The quantitative estimate of drug-likeness (QED) is 0.920. The third kappa shape index (κ3) is 1.89. The number of carboxylic acids is 1. The SMILES string of the molecule is O=C(O)C1(Cc2cccc(Br)c2)CC2CCC1C2. The van der Waals surface area contributed by atoms with E-state index in [0.29, 0.717) is 18.3 Å². The lowest BCUT2D eigenvalue weighted by molar-refractivity contribution is -0.152. The van der Waals surface area contributed by atoms with Gasteiger partial charge in [0.05, 0.1) is 5.41 Å². The minimum Gasteiger partial charge on any atom is -0.481 e. The highest BCUT2D eigenvalue weighted by Crippen LogP contribution is 2.57. The molecule has 0 aliphatic heterocycles. The Balaban J connectivity index is 1.90. The van der Waals surface area contributed by atoms with E-state index in [4.69, 9.17) is 0 Å². The van der Waals surface area contributed by atoms with Crippen molar-refractivity contribution in [2.24, 2.45) is 17.3 Å². The summed E-state index contributed by atoms with van der Waals surface area (Å²) >= 11 is 3.46. The fourth-order valence-corrected chi connectivity index (χ4v) is 4.46. The zero-order valence-electron chi connectivity index (χ0n) is 10.2. The van der Waals surface area contributed by atoms with Gasteiger partial charge in [-0.15, -0.1) is 0 Å². The van der Waals surface area contributed by atoms with Crippen molar-refractivity contribution >= 4 is 21.9 Å². The number of carboxylic acid groups (broad SMARTS) is 1. The predicted octanol–water partition coefficient (Wildman–Crippen LogP) is 3.88. The third-order valence-electron chi connectivity index (χ3n) is 4.81. The number of benzene rings is 1. The molecule has 0 saturated heterocycles. The molecule has 3 atom stereocenters. The van der Waals surface area contributed by atoms with Crippen LogP contribution < -0.4 is 0 Å². The monoisotopic (exact) mass is 308 g/mol. The van der Waals surface area contributed by atoms with E-state index in [2.05, 4.69) is 22.0 Å². The Morgan fingerprint density at radius 2 is 2.28 bits per heavy atom. The molecule has 2 aliphatic rings. The van der Waals surface area contributed by atoms with Crippen LogP contribution in [0.15, 0.2) is 28.7 Å². The van der Waals surface area contributed by atoms with E-state index in [9.17, 15) is 9.90 Å². The minimum atomic E-state index is -0.588. The molecular weight excluding hydrogens is 292 g/mol. The maximum absolute atomic E-state index is 11.8. The van der Waals surface area contributed by atoms with E-state index in [1.54, 1.807) is 0 Å². The van der Waals surface area contributed by atoms with Gasteiger partial charge in [-0.3, -0.25) is 4.79 Å². The molecule has 2 aliphatic carbocycles. The summed E-state index contributed by atoms with van der Waals surface area (Å²) in [7, 11) is 0. The van der Waals surface area contributed by atoms with Gasteiger partial charge in [-0.05, 0) is 55.2 Å². The van der Waals surface area contributed by atoms with Crippen molar-refractivity contribution in [3.05, 3.63) is 34.3 Å². The van der Waals surface area contributed by atoms with Gasteiger partial charge >= 0.3 is 5.97 Å². The van der Waals surface area contributed by atoms with Gasteiger partial charge in [0.1, 0.15) is 0 Å². The molecule has 2 saturated carbocycles. The summed E-state index contributed by atoms with van der Waals surface area (Å²) in [5.74, 6) is 0.451. The maximum atomic E-state index is 11.8. The van der Waals surface area contributed by atoms with Crippen LogP contribution in [0.25, 0.3) is 0 Å². The molecule has 3 rings (SSSR count). The number of hydrogen-bond acceptors (Lipinski definition) is 1. The smallest absolute Gasteiger partial charge is 0.310 e. The zero-order chi connectivity index (χ0) is 12.8. The van der Waals surface area contributed by atoms with E-state index in [-0.39, 0.29) is 0 Å². The van der Waals surface area contributed by atoms with Crippen LogP contribution >= 0.6 is 15.9 Å².